The van der Waals surface area contributed by atoms with Crippen LogP contribution < -0.4 is 11.1 Å². The number of hydrogen-bond donors (Lipinski definition) is 2. The molecule has 3 rings (SSSR count). The third-order valence-electron chi connectivity index (χ3n) is 2.86. The molecule has 0 unspecified atom stereocenters. The third kappa shape index (κ3) is 2.88. The first-order valence-electron chi connectivity index (χ1n) is 6.50. The van der Waals surface area contributed by atoms with E-state index in [4.69, 9.17) is 5.73 Å². The van der Waals surface area contributed by atoms with Crippen molar-refractivity contribution in [1.82, 2.24) is 19.9 Å². The monoisotopic (exact) mass is 292 g/mol. The minimum Gasteiger partial charge on any atom is -0.383 e. The van der Waals surface area contributed by atoms with Gasteiger partial charge < -0.3 is 11.1 Å². The van der Waals surface area contributed by atoms with Crippen LogP contribution in [0.25, 0.3) is 11.5 Å². The summed E-state index contributed by atoms with van der Waals surface area (Å²) in [5.74, 6) is 0.473. The highest BCUT2D eigenvalue weighted by Gasteiger charge is 2.14. The van der Waals surface area contributed by atoms with E-state index in [0.717, 1.165) is 0 Å². The van der Waals surface area contributed by atoms with Crippen molar-refractivity contribution < 1.29 is 4.79 Å². The predicted octanol–water partition coefficient (Wildman–Crippen LogP) is 1.77. The van der Waals surface area contributed by atoms with Crippen LogP contribution in [0.2, 0.25) is 0 Å². The van der Waals surface area contributed by atoms with Crippen molar-refractivity contribution >= 4 is 17.5 Å². The Labute approximate surface area is 126 Å². The van der Waals surface area contributed by atoms with Crippen molar-refractivity contribution in [2.75, 3.05) is 11.1 Å². The molecule has 3 aromatic rings. The number of pyridine rings is 2. The molecule has 3 N–H and O–H groups in total. The molecule has 0 saturated heterocycles. The minimum absolute atomic E-state index is 0.0871. The van der Waals surface area contributed by atoms with Crippen LogP contribution in [-0.4, -0.2) is 25.8 Å². The van der Waals surface area contributed by atoms with Crippen molar-refractivity contribution in [3.63, 3.8) is 0 Å². The van der Waals surface area contributed by atoms with Crippen LogP contribution in [0.1, 0.15) is 10.4 Å². The van der Waals surface area contributed by atoms with Gasteiger partial charge in [-0.2, -0.15) is 0 Å². The third-order valence-corrected chi connectivity index (χ3v) is 2.86. The van der Waals surface area contributed by atoms with E-state index < -0.39 is 5.91 Å². The number of hydrogen-bond acceptors (Lipinski definition) is 6. The average molecular weight is 292 g/mol. The Balaban J connectivity index is 1.85. The number of nitrogen functional groups attached to an aromatic ring is 1. The summed E-state index contributed by atoms with van der Waals surface area (Å²) in [5.41, 5.74) is 6.63. The maximum absolute atomic E-state index is 12.2. The standard InChI is InChI=1S/C15H12N6O/c16-13-10(15(22)20-12-6-2-4-8-18-12)9-19-14(21-13)11-5-1-3-7-17-11/h1-9H,(H2,16,19,21)(H,18,20,22). The number of nitrogens with two attached hydrogens (primary N) is 1. The molecule has 1 amide bonds. The van der Waals surface area contributed by atoms with Crippen LogP contribution in [0.3, 0.4) is 0 Å². The zero-order chi connectivity index (χ0) is 15.4. The van der Waals surface area contributed by atoms with E-state index in [1.165, 1.54) is 6.20 Å². The van der Waals surface area contributed by atoms with E-state index in [1.54, 1.807) is 42.7 Å². The molecule has 7 heteroatoms. The van der Waals surface area contributed by atoms with E-state index in [2.05, 4.69) is 25.3 Å². The van der Waals surface area contributed by atoms with Gasteiger partial charge in [-0.1, -0.05) is 12.1 Å². The van der Waals surface area contributed by atoms with Gasteiger partial charge in [0.05, 0.1) is 0 Å². The molecule has 0 aliphatic rings. The Morgan fingerprint density at radius 2 is 1.77 bits per heavy atom. The zero-order valence-corrected chi connectivity index (χ0v) is 11.5. The molecule has 3 aromatic heterocycles. The van der Waals surface area contributed by atoms with Gasteiger partial charge in [-0.15, -0.1) is 0 Å². The number of carbonyl (C=O) groups excluding carboxylic acids is 1. The second kappa shape index (κ2) is 5.96. The Morgan fingerprint density at radius 1 is 1.00 bits per heavy atom. The van der Waals surface area contributed by atoms with Crippen LogP contribution in [-0.2, 0) is 0 Å². The highest BCUT2D eigenvalue weighted by Crippen LogP contribution is 2.16. The second-order valence-corrected chi connectivity index (χ2v) is 4.38. The van der Waals surface area contributed by atoms with Gasteiger partial charge in [-0.05, 0) is 24.3 Å². The zero-order valence-electron chi connectivity index (χ0n) is 11.5. The Bertz CT molecular complexity index is 792. The summed E-state index contributed by atoms with van der Waals surface area (Å²) in [7, 11) is 0. The molecule has 0 bridgehead atoms. The average Bonchev–Trinajstić information content (AvgIpc) is 2.56. The number of anilines is 2. The summed E-state index contributed by atoms with van der Waals surface area (Å²) in [6.07, 6.45) is 4.60. The van der Waals surface area contributed by atoms with E-state index in [1.807, 2.05) is 6.07 Å². The van der Waals surface area contributed by atoms with E-state index >= 15 is 0 Å². The molecule has 0 aliphatic carbocycles. The molecule has 0 radical (unpaired) electrons. The number of carbonyl (C=O) groups is 1. The van der Waals surface area contributed by atoms with Crippen molar-refractivity contribution in [2.45, 2.75) is 0 Å². The van der Waals surface area contributed by atoms with Gasteiger partial charge in [0.25, 0.3) is 5.91 Å². The highest BCUT2D eigenvalue weighted by molar-refractivity contribution is 6.06. The van der Waals surface area contributed by atoms with Gasteiger partial charge in [0.1, 0.15) is 22.9 Å². The summed E-state index contributed by atoms with van der Waals surface area (Å²) in [6, 6.07) is 10.6. The maximum Gasteiger partial charge on any atom is 0.262 e. The van der Waals surface area contributed by atoms with Gasteiger partial charge in [-0.3, -0.25) is 9.78 Å². The lowest BCUT2D eigenvalue weighted by Gasteiger charge is -2.07. The quantitative estimate of drug-likeness (QED) is 0.762. The SMILES string of the molecule is Nc1nc(-c2ccccn2)ncc1C(=O)Nc1ccccn1. The largest absolute Gasteiger partial charge is 0.383 e. The predicted molar refractivity (Wildman–Crippen MR) is 81.9 cm³/mol. The second-order valence-electron chi connectivity index (χ2n) is 4.38. The van der Waals surface area contributed by atoms with E-state index in [9.17, 15) is 4.79 Å². The van der Waals surface area contributed by atoms with Crippen molar-refractivity contribution in [3.05, 3.63) is 60.6 Å². The Kier molecular flexibility index (Phi) is 3.69. The first-order chi connectivity index (χ1) is 10.7. The van der Waals surface area contributed by atoms with Gasteiger partial charge >= 0.3 is 0 Å². The smallest absolute Gasteiger partial charge is 0.262 e. The molecule has 108 valence electrons. The molecule has 22 heavy (non-hydrogen) atoms. The molecule has 3 heterocycles. The van der Waals surface area contributed by atoms with Gasteiger partial charge in [0.2, 0.25) is 0 Å². The fraction of sp³-hybridized carbons (Fsp3) is 0. The summed E-state index contributed by atoms with van der Waals surface area (Å²) in [5, 5.41) is 2.63. The summed E-state index contributed by atoms with van der Waals surface area (Å²) >= 11 is 0. The fourth-order valence-corrected chi connectivity index (χ4v) is 1.81. The lowest BCUT2D eigenvalue weighted by atomic mass is 10.2. The normalized spacial score (nSPS) is 10.2. The molecule has 0 fully saturated rings. The minimum atomic E-state index is -0.413. The van der Waals surface area contributed by atoms with E-state index in [0.29, 0.717) is 17.3 Å². The van der Waals surface area contributed by atoms with Crippen LogP contribution in [0.5, 0.6) is 0 Å². The van der Waals surface area contributed by atoms with E-state index in [-0.39, 0.29) is 11.4 Å². The molecule has 0 saturated carbocycles. The molecule has 0 atom stereocenters. The van der Waals surface area contributed by atoms with Crippen molar-refractivity contribution in [1.29, 1.82) is 0 Å². The van der Waals surface area contributed by atoms with Crippen molar-refractivity contribution in [2.24, 2.45) is 0 Å². The molecule has 0 aliphatic heterocycles. The molecular weight excluding hydrogens is 280 g/mol. The van der Waals surface area contributed by atoms with Crippen LogP contribution >= 0.6 is 0 Å². The lowest BCUT2D eigenvalue weighted by molar-refractivity contribution is 0.102. The summed E-state index contributed by atoms with van der Waals surface area (Å²) < 4.78 is 0. The Morgan fingerprint density at radius 3 is 2.41 bits per heavy atom. The number of nitrogens with one attached hydrogen (secondary N) is 1. The Hall–Kier alpha value is -3.35. The summed E-state index contributed by atoms with van der Waals surface area (Å²) in [4.78, 5) is 28.6. The van der Waals surface area contributed by atoms with Crippen molar-refractivity contribution in [3.8, 4) is 11.5 Å². The van der Waals surface area contributed by atoms with Crippen LogP contribution in [0.15, 0.2) is 55.0 Å². The van der Waals surface area contributed by atoms with Gasteiger partial charge in [0.15, 0.2) is 5.82 Å². The number of aromatic nitrogens is 4. The first kappa shape index (κ1) is 13.6. The van der Waals surface area contributed by atoms with Gasteiger partial charge in [0, 0.05) is 18.6 Å². The lowest BCUT2D eigenvalue weighted by Crippen LogP contribution is -2.16. The fourth-order valence-electron chi connectivity index (χ4n) is 1.81. The maximum atomic E-state index is 12.2. The number of rotatable bonds is 3. The van der Waals surface area contributed by atoms with Crippen LogP contribution in [0, 0.1) is 0 Å². The molecule has 7 nitrogen and oxygen atoms in total. The molecular formula is C15H12N6O. The topological polar surface area (TPSA) is 107 Å². The molecule has 0 spiro atoms. The highest BCUT2D eigenvalue weighted by atomic mass is 16.1. The molecule has 0 aromatic carbocycles. The number of nitrogens with zero attached hydrogens (tertiary/aromatic N) is 4. The van der Waals surface area contributed by atoms with Gasteiger partial charge in [-0.25, -0.2) is 15.0 Å². The first-order valence-corrected chi connectivity index (χ1v) is 6.50. The number of amides is 1. The summed E-state index contributed by atoms with van der Waals surface area (Å²) in [6.45, 7) is 0. The van der Waals surface area contributed by atoms with Crippen LogP contribution in [0.4, 0.5) is 11.6 Å².